The van der Waals surface area contributed by atoms with Crippen LogP contribution in [-0.2, 0) is 13.1 Å². The second-order valence-corrected chi connectivity index (χ2v) is 3.65. The van der Waals surface area contributed by atoms with E-state index in [-0.39, 0.29) is 12.1 Å². The molecule has 0 radical (unpaired) electrons. The van der Waals surface area contributed by atoms with Crippen molar-refractivity contribution in [3.63, 3.8) is 0 Å². The van der Waals surface area contributed by atoms with Crippen LogP contribution in [-0.4, -0.2) is 37.1 Å². The Hall–Kier alpha value is -2.25. The van der Waals surface area contributed by atoms with Crippen molar-refractivity contribution in [2.24, 2.45) is 0 Å². The molecule has 0 aliphatic carbocycles. The van der Waals surface area contributed by atoms with Gasteiger partial charge in [0.25, 0.3) is 6.43 Å². The maximum atomic E-state index is 12.1. The molecular weight excluding hydrogens is 246 g/mol. The van der Waals surface area contributed by atoms with Gasteiger partial charge in [0.1, 0.15) is 6.54 Å². The summed E-state index contributed by atoms with van der Waals surface area (Å²) in [5.41, 5.74) is 0.609. The zero-order valence-corrected chi connectivity index (χ0v) is 9.20. The minimum Gasteiger partial charge on any atom is -0.478 e. The summed E-state index contributed by atoms with van der Waals surface area (Å²) in [6.45, 7) is -0.219. The number of alkyl halides is 2. The topological polar surface area (TPSA) is 72.9 Å². The first-order chi connectivity index (χ1) is 8.54. The van der Waals surface area contributed by atoms with E-state index in [4.69, 9.17) is 5.11 Å². The van der Waals surface area contributed by atoms with Crippen molar-refractivity contribution in [3.05, 3.63) is 35.9 Å². The number of hydrogen-bond donors (Lipinski definition) is 1. The molecule has 96 valence electrons. The molecule has 0 saturated carbocycles. The predicted molar refractivity (Wildman–Crippen MR) is 56.5 cm³/mol. The van der Waals surface area contributed by atoms with Crippen LogP contribution in [0.2, 0.25) is 0 Å². The van der Waals surface area contributed by atoms with Crippen molar-refractivity contribution in [1.29, 1.82) is 0 Å². The third kappa shape index (κ3) is 2.90. The number of aromatic nitrogens is 4. The lowest BCUT2D eigenvalue weighted by atomic mass is 10.4. The summed E-state index contributed by atoms with van der Waals surface area (Å²) < 4.78 is 26.7. The van der Waals surface area contributed by atoms with Gasteiger partial charge in [-0.25, -0.2) is 13.6 Å². The molecule has 6 nitrogen and oxygen atoms in total. The molecular formula is C10H10F2N4O2. The largest absolute Gasteiger partial charge is 0.478 e. The maximum absolute atomic E-state index is 12.1. The number of halogens is 2. The first-order valence-corrected chi connectivity index (χ1v) is 5.11. The first-order valence-electron chi connectivity index (χ1n) is 5.11. The van der Waals surface area contributed by atoms with Crippen LogP contribution in [0.25, 0.3) is 0 Å². The lowest BCUT2D eigenvalue weighted by molar-refractivity contribution is 0.0696. The zero-order chi connectivity index (χ0) is 13.1. The van der Waals surface area contributed by atoms with Gasteiger partial charge in [-0.3, -0.25) is 9.36 Å². The van der Waals surface area contributed by atoms with Crippen LogP contribution in [0, 0.1) is 0 Å². The molecule has 0 aliphatic rings. The zero-order valence-electron chi connectivity index (χ0n) is 9.20. The molecule has 0 aromatic carbocycles. The highest BCUT2D eigenvalue weighted by Gasteiger charge is 2.09. The molecule has 2 heterocycles. The summed E-state index contributed by atoms with van der Waals surface area (Å²) in [7, 11) is 0. The fraction of sp³-hybridized carbons (Fsp3) is 0.300. The third-order valence-electron chi connectivity index (χ3n) is 2.23. The Morgan fingerprint density at radius 1 is 1.44 bits per heavy atom. The Bertz CT molecular complexity index is 550. The van der Waals surface area contributed by atoms with E-state index in [2.05, 4.69) is 10.2 Å². The van der Waals surface area contributed by atoms with Gasteiger partial charge in [-0.05, 0) is 6.07 Å². The van der Waals surface area contributed by atoms with E-state index in [0.717, 1.165) is 4.68 Å². The van der Waals surface area contributed by atoms with Crippen LogP contribution >= 0.6 is 0 Å². The first kappa shape index (κ1) is 12.2. The minimum atomic E-state index is -2.46. The smallest absolute Gasteiger partial charge is 0.338 e. The molecule has 0 amide bonds. The molecule has 0 aliphatic heterocycles. The highest BCUT2D eigenvalue weighted by Crippen LogP contribution is 2.04. The lowest BCUT2D eigenvalue weighted by Gasteiger charge is -1.99. The number of carboxylic acids is 1. The van der Waals surface area contributed by atoms with E-state index in [1.165, 1.54) is 23.3 Å². The third-order valence-corrected chi connectivity index (χ3v) is 2.23. The van der Waals surface area contributed by atoms with Crippen molar-refractivity contribution in [2.75, 3.05) is 0 Å². The number of aromatic carboxylic acids is 1. The summed E-state index contributed by atoms with van der Waals surface area (Å²) >= 11 is 0. The van der Waals surface area contributed by atoms with Crippen molar-refractivity contribution in [2.45, 2.75) is 19.5 Å². The van der Waals surface area contributed by atoms with Crippen LogP contribution in [0.3, 0.4) is 0 Å². The second kappa shape index (κ2) is 4.94. The quantitative estimate of drug-likeness (QED) is 0.869. The Labute approximate surface area is 100 Å². The standard InChI is InChI=1S/C10H10F2N4O2/c11-9(12)6-15-2-1-8(14-15)5-16-4-7(3-13-16)10(17)18/h1-4,9H,5-6H2,(H,17,18). The molecule has 0 saturated heterocycles. The molecule has 18 heavy (non-hydrogen) atoms. The molecule has 2 aromatic heterocycles. The number of hydrogen-bond acceptors (Lipinski definition) is 3. The monoisotopic (exact) mass is 256 g/mol. The van der Waals surface area contributed by atoms with E-state index in [9.17, 15) is 13.6 Å². The second-order valence-electron chi connectivity index (χ2n) is 3.65. The highest BCUT2D eigenvalue weighted by atomic mass is 19.3. The summed E-state index contributed by atoms with van der Waals surface area (Å²) in [6.07, 6.45) is 1.57. The van der Waals surface area contributed by atoms with Gasteiger partial charge in [0, 0.05) is 12.4 Å². The van der Waals surface area contributed by atoms with Gasteiger partial charge in [0.05, 0.1) is 24.0 Å². The summed E-state index contributed by atoms with van der Waals surface area (Å²) in [6, 6.07) is 1.59. The molecule has 0 atom stereocenters. The maximum Gasteiger partial charge on any atom is 0.338 e. The van der Waals surface area contributed by atoms with Gasteiger partial charge in [0.15, 0.2) is 0 Å². The lowest BCUT2D eigenvalue weighted by Crippen LogP contribution is -2.08. The molecule has 2 aromatic rings. The van der Waals surface area contributed by atoms with Crippen LogP contribution in [0.15, 0.2) is 24.7 Å². The Morgan fingerprint density at radius 3 is 2.83 bits per heavy atom. The van der Waals surface area contributed by atoms with Crippen molar-refractivity contribution in [1.82, 2.24) is 19.6 Å². The van der Waals surface area contributed by atoms with Crippen LogP contribution in [0.1, 0.15) is 16.1 Å². The normalized spacial score (nSPS) is 11.1. The number of nitrogens with zero attached hydrogens (tertiary/aromatic N) is 4. The SMILES string of the molecule is O=C(O)c1cnn(Cc2ccn(CC(F)F)n2)c1. The molecule has 0 unspecified atom stereocenters. The van der Waals surface area contributed by atoms with Crippen LogP contribution < -0.4 is 0 Å². The van der Waals surface area contributed by atoms with Gasteiger partial charge in [-0.15, -0.1) is 0 Å². The summed E-state index contributed by atoms with van der Waals surface area (Å²) in [4.78, 5) is 10.6. The molecule has 0 fully saturated rings. The average molecular weight is 256 g/mol. The van der Waals surface area contributed by atoms with E-state index in [1.54, 1.807) is 6.07 Å². The molecule has 8 heteroatoms. The Balaban J connectivity index is 2.04. The molecule has 0 bridgehead atoms. The minimum absolute atomic E-state index is 0.0713. The van der Waals surface area contributed by atoms with Gasteiger partial charge in [0.2, 0.25) is 0 Å². The highest BCUT2D eigenvalue weighted by molar-refractivity contribution is 5.86. The fourth-order valence-electron chi connectivity index (χ4n) is 1.46. The van der Waals surface area contributed by atoms with Crippen molar-refractivity contribution >= 4 is 5.97 Å². The van der Waals surface area contributed by atoms with Gasteiger partial charge >= 0.3 is 5.97 Å². The number of carboxylic acid groups (broad SMARTS) is 1. The number of rotatable bonds is 5. The van der Waals surface area contributed by atoms with Gasteiger partial charge in [-0.2, -0.15) is 10.2 Å². The van der Waals surface area contributed by atoms with E-state index in [1.807, 2.05) is 0 Å². The average Bonchev–Trinajstić information content (AvgIpc) is 2.88. The molecule has 2 rings (SSSR count). The summed E-state index contributed by atoms with van der Waals surface area (Å²) in [5, 5.41) is 16.5. The predicted octanol–water partition coefficient (Wildman–Crippen LogP) is 1.09. The van der Waals surface area contributed by atoms with Crippen molar-refractivity contribution in [3.8, 4) is 0 Å². The molecule has 0 spiro atoms. The van der Waals surface area contributed by atoms with E-state index >= 15 is 0 Å². The fourth-order valence-corrected chi connectivity index (χ4v) is 1.46. The van der Waals surface area contributed by atoms with Crippen LogP contribution in [0.4, 0.5) is 8.78 Å². The Morgan fingerprint density at radius 2 is 2.22 bits per heavy atom. The summed E-state index contributed by atoms with van der Waals surface area (Å²) in [5.74, 6) is -1.07. The van der Waals surface area contributed by atoms with Gasteiger partial charge in [-0.1, -0.05) is 0 Å². The van der Waals surface area contributed by atoms with E-state index in [0.29, 0.717) is 5.69 Å². The van der Waals surface area contributed by atoms with Gasteiger partial charge < -0.3 is 5.11 Å². The Kier molecular flexibility index (Phi) is 3.35. The van der Waals surface area contributed by atoms with E-state index < -0.39 is 18.9 Å². The number of carbonyl (C=O) groups is 1. The molecule has 1 N–H and O–H groups in total. The van der Waals surface area contributed by atoms with Crippen LogP contribution in [0.5, 0.6) is 0 Å². The van der Waals surface area contributed by atoms with Crippen molar-refractivity contribution < 1.29 is 18.7 Å².